The van der Waals surface area contributed by atoms with Gasteiger partial charge in [-0.1, -0.05) is 0 Å². The molecule has 0 saturated heterocycles. The van der Waals surface area contributed by atoms with E-state index in [2.05, 4.69) is 20.2 Å². The zero-order chi connectivity index (χ0) is 11.8. The van der Waals surface area contributed by atoms with Crippen molar-refractivity contribution in [3.63, 3.8) is 0 Å². The fraction of sp³-hybridized carbons (Fsp3) is 0.200. The van der Waals surface area contributed by atoms with Crippen molar-refractivity contribution in [2.45, 2.75) is 6.54 Å². The number of aromatic nitrogens is 6. The Labute approximate surface area is 102 Å². The number of imidazole rings is 1. The van der Waals surface area contributed by atoms with E-state index in [0.29, 0.717) is 11.3 Å². The fourth-order valence-corrected chi connectivity index (χ4v) is 2.03. The molecule has 0 amide bonds. The van der Waals surface area contributed by atoms with E-state index in [1.165, 1.54) is 0 Å². The Bertz CT molecular complexity index is 722. The van der Waals surface area contributed by atoms with Crippen molar-refractivity contribution in [3.05, 3.63) is 35.4 Å². The van der Waals surface area contributed by atoms with Crippen LogP contribution < -0.4 is 0 Å². The molecule has 1 N–H and O–H groups in total. The molecule has 7 heteroatoms. The van der Waals surface area contributed by atoms with Crippen molar-refractivity contribution < 1.29 is 0 Å². The van der Waals surface area contributed by atoms with E-state index in [0.717, 1.165) is 16.9 Å². The summed E-state index contributed by atoms with van der Waals surface area (Å²) in [4.78, 5) is 7.17. The molecule has 0 aliphatic carbocycles. The summed E-state index contributed by atoms with van der Waals surface area (Å²) in [6.45, 7) is 0.597. The second kappa shape index (κ2) is 3.77. The molecule has 0 atom stereocenters. The maximum absolute atomic E-state index is 5.29. The molecule has 0 aliphatic rings. The molecule has 3 rings (SSSR count). The van der Waals surface area contributed by atoms with Gasteiger partial charge in [-0.05, 0) is 18.3 Å². The summed E-state index contributed by atoms with van der Waals surface area (Å²) in [5.41, 5.74) is 1.95. The Balaban J connectivity index is 2.15. The summed E-state index contributed by atoms with van der Waals surface area (Å²) >= 11 is 5.29. The molecule has 3 aromatic heterocycles. The predicted molar refractivity (Wildman–Crippen MR) is 65.0 cm³/mol. The molecular weight excluding hydrogens is 236 g/mol. The Kier molecular flexibility index (Phi) is 2.25. The first-order chi connectivity index (χ1) is 8.25. The van der Waals surface area contributed by atoms with E-state index >= 15 is 0 Å². The first-order valence-electron chi connectivity index (χ1n) is 5.11. The van der Waals surface area contributed by atoms with Crippen LogP contribution in [0.4, 0.5) is 0 Å². The van der Waals surface area contributed by atoms with Gasteiger partial charge in [-0.15, -0.1) is 10.2 Å². The summed E-state index contributed by atoms with van der Waals surface area (Å²) in [5, 5.41) is 7.91. The van der Waals surface area contributed by atoms with Crippen LogP contribution >= 0.6 is 12.2 Å². The van der Waals surface area contributed by atoms with Crippen LogP contribution in [0.5, 0.6) is 0 Å². The Morgan fingerprint density at radius 1 is 1.47 bits per heavy atom. The highest BCUT2D eigenvalue weighted by Gasteiger charge is 2.07. The summed E-state index contributed by atoms with van der Waals surface area (Å²) in [6, 6.07) is 1.93. The molecule has 0 bridgehead atoms. The van der Waals surface area contributed by atoms with Gasteiger partial charge in [0.05, 0.1) is 23.8 Å². The van der Waals surface area contributed by atoms with Crippen molar-refractivity contribution in [2.75, 3.05) is 0 Å². The largest absolute Gasteiger partial charge is 0.329 e. The van der Waals surface area contributed by atoms with Gasteiger partial charge in [-0.2, -0.15) is 0 Å². The Morgan fingerprint density at radius 3 is 3.12 bits per heavy atom. The van der Waals surface area contributed by atoms with Crippen molar-refractivity contribution in [3.8, 4) is 0 Å². The third-order valence-corrected chi connectivity index (χ3v) is 3.00. The number of nitrogens with one attached hydrogen (secondary N) is 1. The number of aryl methyl sites for hydroxylation is 1. The smallest absolute Gasteiger partial charge is 0.178 e. The van der Waals surface area contributed by atoms with Crippen LogP contribution in [0, 0.1) is 4.77 Å². The van der Waals surface area contributed by atoms with Gasteiger partial charge in [0.1, 0.15) is 6.33 Å². The number of rotatable bonds is 2. The molecule has 3 heterocycles. The highest BCUT2D eigenvalue weighted by Crippen LogP contribution is 2.13. The minimum absolute atomic E-state index is 0.597. The van der Waals surface area contributed by atoms with Crippen molar-refractivity contribution in [2.24, 2.45) is 7.05 Å². The lowest BCUT2D eigenvalue weighted by molar-refractivity contribution is 0.705. The average molecular weight is 246 g/mol. The normalized spacial score (nSPS) is 11.1. The molecule has 0 spiro atoms. The topological polar surface area (TPSA) is 64.3 Å². The monoisotopic (exact) mass is 246 g/mol. The molecule has 0 unspecified atom stereocenters. The molecule has 3 aromatic rings. The van der Waals surface area contributed by atoms with Gasteiger partial charge >= 0.3 is 0 Å². The molecule has 17 heavy (non-hydrogen) atoms. The highest BCUT2D eigenvalue weighted by atomic mass is 32.1. The SMILES string of the molecule is Cn1cnnc1Cn1c(=S)[nH]c2cnccc21. The lowest BCUT2D eigenvalue weighted by Crippen LogP contribution is -2.05. The van der Waals surface area contributed by atoms with E-state index in [9.17, 15) is 0 Å². The van der Waals surface area contributed by atoms with Crippen LogP contribution in [0.15, 0.2) is 24.8 Å². The number of fused-ring (bicyclic) bond motifs is 1. The van der Waals surface area contributed by atoms with Crippen LogP contribution in [0.2, 0.25) is 0 Å². The Hall–Kier alpha value is -2.02. The van der Waals surface area contributed by atoms with Gasteiger partial charge in [0.25, 0.3) is 0 Å². The van der Waals surface area contributed by atoms with Crippen LogP contribution in [0.3, 0.4) is 0 Å². The number of H-pyrrole nitrogens is 1. The summed E-state index contributed by atoms with van der Waals surface area (Å²) in [6.07, 6.45) is 5.19. The van der Waals surface area contributed by atoms with Crippen LogP contribution in [0.25, 0.3) is 11.0 Å². The van der Waals surface area contributed by atoms with E-state index in [1.54, 1.807) is 18.7 Å². The maximum Gasteiger partial charge on any atom is 0.178 e. The molecular formula is C10H10N6S. The highest BCUT2D eigenvalue weighted by molar-refractivity contribution is 7.71. The van der Waals surface area contributed by atoms with E-state index in [-0.39, 0.29) is 0 Å². The van der Waals surface area contributed by atoms with Gasteiger partial charge in [-0.25, -0.2) is 0 Å². The summed E-state index contributed by atoms with van der Waals surface area (Å²) in [7, 11) is 1.91. The first-order valence-corrected chi connectivity index (χ1v) is 5.52. The average Bonchev–Trinajstić information content (AvgIpc) is 2.85. The number of pyridine rings is 1. The second-order valence-corrected chi connectivity index (χ2v) is 4.15. The van der Waals surface area contributed by atoms with Gasteiger partial charge in [0, 0.05) is 13.2 Å². The lowest BCUT2D eigenvalue weighted by atomic mass is 10.4. The molecule has 0 aromatic carbocycles. The molecule has 0 fully saturated rings. The van der Waals surface area contributed by atoms with Gasteiger partial charge in [-0.3, -0.25) is 4.98 Å². The third-order valence-electron chi connectivity index (χ3n) is 2.68. The van der Waals surface area contributed by atoms with Gasteiger partial charge in [0.2, 0.25) is 0 Å². The zero-order valence-corrected chi connectivity index (χ0v) is 9.98. The maximum atomic E-state index is 5.29. The quantitative estimate of drug-likeness (QED) is 0.692. The number of nitrogens with zero attached hydrogens (tertiary/aromatic N) is 5. The zero-order valence-electron chi connectivity index (χ0n) is 9.16. The van der Waals surface area contributed by atoms with Gasteiger partial charge in [0.15, 0.2) is 10.6 Å². The van der Waals surface area contributed by atoms with Crippen molar-refractivity contribution in [1.29, 1.82) is 0 Å². The van der Waals surface area contributed by atoms with Gasteiger partial charge < -0.3 is 14.1 Å². The number of aromatic amines is 1. The molecule has 0 aliphatic heterocycles. The standard InChI is InChI=1S/C10H10N6S/c1-15-6-12-14-9(15)5-16-8-2-3-11-4-7(8)13-10(16)17/h2-4,6H,5H2,1H3,(H,13,17). The second-order valence-electron chi connectivity index (χ2n) is 3.77. The first kappa shape index (κ1) is 10.2. The van der Waals surface area contributed by atoms with Crippen molar-refractivity contribution >= 4 is 23.3 Å². The minimum Gasteiger partial charge on any atom is -0.329 e. The third kappa shape index (κ3) is 1.64. The van der Waals surface area contributed by atoms with Crippen LogP contribution in [-0.2, 0) is 13.6 Å². The molecule has 86 valence electrons. The predicted octanol–water partition coefficient (Wildman–Crippen LogP) is 1.27. The number of hydrogen-bond acceptors (Lipinski definition) is 4. The van der Waals surface area contributed by atoms with Crippen LogP contribution in [-0.4, -0.2) is 29.3 Å². The minimum atomic E-state index is 0.597. The summed E-state index contributed by atoms with van der Waals surface area (Å²) < 4.78 is 4.52. The molecule has 0 radical (unpaired) electrons. The van der Waals surface area contributed by atoms with E-state index < -0.39 is 0 Å². The Morgan fingerprint density at radius 2 is 2.35 bits per heavy atom. The number of hydrogen-bond donors (Lipinski definition) is 1. The summed E-state index contributed by atoms with van der Waals surface area (Å²) in [5.74, 6) is 0.860. The molecule has 6 nitrogen and oxygen atoms in total. The molecule has 0 saturated carbocycles. The van der Waals surface area contributed by atoms with E-state index in [4.69, 9.17) is 12.2 Å². The van der Waals surface area contributed by atoms with Crippen molar-refractivity contribution in [1.82, 2.24) is 29.3 Å². The fourth-order valence-electron chi connectivity index (χ4n) is 1.76. The van der Waals surface area contributed by atoms with Crippen LogP contribution in [0.1, 0.15) is 5.82 Å². The lowest BCUT2D eigenvalue weighted by Gasteiger charge is -2.03. The van der Waals surface area contributed by atoms with E-state index in [1.807, 2.05) is 22.2 Å².